The van der Waals surface area contributed by atoms with Crippen LogP contribution in [0.5, 0.6) is 11.5 Å². The molecule has 0 saturated heterocycles. The molecule has 1 aromatic rings. The standard InChI is InChI=1S/C15H17NO4/c1-18-8-11-12(4-5-13-14(11)20-10-19-13)15(16-9-17)6-2-3-7-15/h4-5H,2-3,6-8,10H2,1H3. The van der Waals surface area contributed by atoms with Gasteiger partial charge in [0.05, 0.1) is 12.1 Å². The number of benzene rings is 1. The van der Waals surface area contributed by atoms with E-state index in [1.54, 1.807) is 13.2 Å². The van der Waals surface area contributed by atoms with Crippen LogP contribution in [0.4, 0.5) is 0 Å². The van der Waals surface area contributed by atoms with Crippen LogP contribution >= 0.6 is 0 Å². The van der Waals surface area contributed by atoms with Crippen LogP contribution in [0, 0.1) is 0 Å². The summed E-state index contributed by atoms with van der Waals surface area (Å²) in [5.41, 5.74) is 1.46. The molecule has 0 bridgehead atoms. The van der Waals surface area contributed by atoms with Gasteiger partial charge in [-0.15, -0.1) is 0 Å². The zero-order chi connectivity index (χ0) is 14.0. The van der Waals surface area contributed by atoms with Gasteiger partial charge in [-0.3, -0.25) is 0 Å². The van der Waals surface area contributed by atoms with Crippen LogP contribution in [0.25, 0.3) is 0 Å². The smallest absolute Gasteiger partial charge is 0.235 e. The predicted octanol–water partition coefficient (Wildman–Crippen LogP) is 2.67. The summed E-state index contributed by atoms with van der Waals surface area (Å²) >= 11 is 0. The second kappa shape index (κ2) is 5.27. The molecule has 0 N–H and O–H groups in total. The number of hydrogen-bond acceptors (Lipinski definition) is 5. The van der Waals surface area contributed by atoms with Gasteiger partial charge in [0.2, 0.25) is 12.9 Å². The van der Waals surface area contributed by atoms with Crippen LogP contribution in [0.2, 0.25) is 0 Å². The van der Waals surface area contributed by atoms with Crippen molar-refractivity contribution in [2.45, 2.75) is 37.8 Å². The minimum Gasteiger partial charge on any atom is -0.454 e. The Hall–Kier alpha value is -1.84. The van der Waals surface area contributed by atoms with Crippen LogP contribution in [-0.2, 0) is 21.7 Å². The summed E-state index contributed by atoms with van der Waals surface area (Å²) in [6, 6.07) is 3.87. The maximum Gasteiger partial charge on any atom is 0.235 e. The van der Waals surface area contributed by atoms with Crippen molar-refractivity contribution in [1.82, 2.24) is 0 Å². The summed E-state index contributed by atoms with van der Waals surface area (Å²) in [7, 11) is 1.64. The molecule has 3 rings (SSSR count). The Balaban J connectivity index is 2.15. The maximum atomic E-state index is 10.9. The Kier molecular flexibility index (Phi) is 3.47. The summed E-state index contributed by atoms with van der Waals surface area (Å²) in [5.74, 6) is 1.45. The first-order valence-electron chi connectivity index (χ1n) is 6.81. The second-order valence-corrected chi connectivity index (χ2v) is 5.20. The van der Waals surface area contributed by atoms with Gasteiger partial charge in [0, 0.05) is 12.7 Å². The first-order chi connectivity index (χ1) is 9.80. The fourth-order valence-corrected chi connectivity index (χ4v) is 3.24. The van der Waals surface area contributed by atoms with Crippen molar-refractivity contribution < 1.29 is 19.0 Å². The van der Waals surface area contributed by atoms with Gasteiger partial charge in [-0.05, 0) is 24.5 Å². The lowest BCUT2D eigenvalue weighted by Gasteiger charge is -2.26. The second-order valence-electron chi connectivity index (χ2n) is 5.20. The van der Waals surface area contributed by atoms with Crippen molar-refractivity contribution in [1.29, 1.82) is 0 Å². The normalized spacial score (nSPS) is 18.9. The van der Waals surface area contributed by atoms with E-state index in [1.165, 1.54) is 0 Å². The lowest BCUT2D eigenvalue weighted by atomic mass is 9.85. The van der Waals surface area contributed by atoms with E-state index < -0.39 is 5.54 Å². The van der Waals surface area contributed by atoms with E-state index in [4.69, 9.17) is 14.2 Å². The number of nitrogens with zero attached hydrogens (tertiary/aromatic N) is 1. The van der Waals surface area contributed by atoms with Crippen LogP contribution in [-0.4, -0.2) is 20.0 Å². The monoisotopic (exact) mass is 275 g/mol. The summed E-state index contributed by atoms with van der Waals surface area (Å²) in [6.07, 6.45) is 5.59. The lowest BCUT2D eigenvalue weighted by Crippen LogP contribution is -2.21. The zero-order valence-corrected chi connectivity index (χ0v) is 11.5. The van der Waals surface area contributed by atoms with Gasteiger partial charge in [0.15, 0.2) is 11.5 Å². The highest BCUT2D eigenvalue weighted by Crippen LogP contribution is 2.48. The topological polar surface area (TPSA) is 57.1 Å². The van der Waals surface area contributed by atoms with Crippen molar-refractivity contribution in [2.75, 3.05) is 13.9 Å². The van der Waals surface area contributed by atoms with Crippen molar-refractivity contribution in [2.24, 2.45) is 4.99 Å². The summed E-state index contributed by atoms with van der Waals surface area (Å²) in [4.78, 5) is 15.0. The molecule has 1 aromatic carbocycles. The lowest BCUT2D eigenvalue weighted by molar-refractivity contribution is 0.161. The van der Waals surface area contributed by atoms with Gasteiger partial charge in [-0.2, -0.15) is 4.99 Å². The van der Waals surface area contributed by atoms with Gasteiger partial charge in [-0.1, -0.05) is 18.9 Å². The molecule has 5 nitrogen and oxygen atoms in total. The van der Waals surface area contributed by atoms with Crippen molar-refractivity contribution in [3.05, 3.63) is 23.3 Å². The van der Waals surface area contributed by atoms with Gasteiger partial charge in [0.1, 0.15) is 0 Å². The van der Waals surface area contributed by atoms with E-state index in [1.807, 2.05) is 12.1 Å². The molecule has 0 spiro atoms. The van der Waals surface area contributed by atoms with Crippen LogP contribution in [0.1, 0.15) is 36.8 Å². The third-order valence-electron chi connectivity index (χ3n) is 4.12. The number of fused-ring (bicyclic) bond motifs is 1. The van der Waals surface area contributed by atoms with Crippen LogP contribution in [0.3, 0.4) is 0 Å². The molecular weight excluding hydrogens is 258 g/mol. The van der Waals surface area contributed by atoms with Crippen molar-refractivity contribution in [3.8, 4) is 11.5 Å². The van der Waals surface area contributed by atoms with E-state index >= 15 is 0 Å². The van der Waals surface area contributed by atoms with Gasteiger partial charge >= 0.3 is 0 Å². The Bertz CT molecular complexity index is 557. The Morgan fingerprint density at radius 3 is 2.85 bits per heavy atom. The number of rotatable bonds is 4. The number of hydrogen-bond donors (Lipinski definition) is 0. The van der Waals surface area contributed by atoms with E-state index in [0.717, 1.165) is 48.3 Å². The molecule has 0 amide bonds. The summed E-state index contributed by atoms with van der Waals surface area (Å²) in [5, 5.41) is 0. The number of methoxy groups -OCH3 is 1. The SMILES string of the molecule is COCc1c(C2(N=C=O)CCCC2)ccc2c1OCO2. The number of ether oxygens (including phenoxy) is 3. The molecule has 2 aliphatic rings. The van der Waals surface area contributed by atoms with Gasteiger partial charge < -0.3 is 14.2 Å². The van der Waals surface area contributed by atoms with Crippen molar-refractivity contribution in [3.63, 3.8) is 0 Å². The first-order valence-corrected chi connectivity index (χ1v) is 6.81. The first kappa shape index (κ1) is 13.2. The van der Waals surface area contributed by atoms with E-state index in [0.29, 0.717) is 6.61 Å². The molecule has 1 aliphatic heterocycles. The molecular formula is C15H17NO4. The van der Waals surface area contributed by atoms with Crippen molar-refractivity contribution >= 4 is 6.08 Å². The highest BCUT2D eigenvalue weighted by Gasteiger charge is 2.39. The van der Waals surface area contributed by atoms with E-state index in [2.05, 4.69) is 4.99 Å². The molecule has 0 aromatic heterocycles. The average Bonchev–Trinajstić information content (AvgIpc) is 3.09. The third-order valence-corrected chi connectivity index (χ3v) is 4.12. The minimum absolute atomic E-state index is 0.222. The number of carbonyl (C=O) groups excluding carboxylic acids is 1. The molecule has 106 valence electrons. The molecule has 1 fully saturated rings. The van der Waals surface area contributed by atoms with E-state index in [-0.39, 0.29) is 6.79 Å². The Labute approximate surface area is 117 Å². The maximum absolute atomic E-state index is 10.9. The van der Waals surface area contributed by atoms with E-state index in [9.17, 15) is 4.79 Å². The molecule has 0 unspecified atom stereocenters. The average molecular weight is 275 g/mol. The zero-order valence-electron chi connectivity index (χ0n) is 11.5. The fraction of sp³-hybridized carbons (Fsp3) is 0.533. The summed E-state index contributed by atoms with van der Waals surface area (Å²) in [6.45, 7) is 0.636. The molecule has 1 aliphatic carbocycles. The third kappa shape index (κ3) is 1.99. The molecule has 1 saturated carbocycles. The highest BCUT2D eigenvalue weighted by molar-refractivity contribution is 5.55. The molecule has 5 heteroatoms. The predicted molar refractivity (Wildman–Crippen MR) is 71.5 cm³/mol. The summed E-state index contributed by atoms with van der Waals surface area (Å²) < 4.78 is 16.3. The van der Waals surface area contributed by atoms with Gasteiger partial charge in [0.25, 0.3) is 0 Å². The van der Waals surface area contributed by atoms with Gasteiger partial charge in [-0.25, -0.2) is 4.79 Å². The Morgan fingerprint density at radius 1 is 1.35 bits per heavy atom. The number of aliphatic imine (C=N–C) groups is 1. The number of isocyanates is 1. The van der Waals surface area contributed by atoms with Crippen LogP contribution < -0.4 is 9.47 Å². The largest absolute Gasteiger partial charge is 0.454 e. The molecule has 20 heavy (non-hydrogen) atoms. The highest BCUT2D eigenvalue weighted by atomic mass is 16.7. The van der Waals surface area contributed by atoms with Crippen LogP contribution in [0.15, 0.2) is 17.1 Å². The molecule has 0 atom stereocenters. The quantitative estimate of drug-likeness (QED) is 0.626. The Morgan fingerprint density at radius 2 is 2.15 bits per heavy atom. The molecule has 1 heterocycles. The minimum atomic E-state index is -0.476. The fourth-order valence-electron chi connectivity index (χ4n) is 3.24. The molecule has 0 radical (unpaired) electrons.